The predicted octanol–water partition coefficient (Wildman–Crippen LogP) is 4.02. The van der Waals surface area contributed by atoms with Gasteiger partial charge in [0.2, 0.25) is 21.5 Å². The second-order valence-electron chi connectivity index (χ2n) is 11.2. The Hall–Kier alpha value is -3.86. The first-order chi connectivity index (χ1) is 20.1. The number of benzene rings is 1. The van der Waals surface area contributed by atoms with Gasteiger partial charge in [-0.1, -0.05) is 24.3 Å². The van der Waals surface area contributed by atoms with E-state index >= 15 is 0 Å². The highest BCUT2D eigenvalue weighted by molar-refractivity contribution is 7.92. The lowest BCUT2D eigenvalue weighted by atomic mass is 9.73. The number of ketones is 1. The van der Waals surface area contributed by atoms with Crippen LogP contribution in [0.5, 0.6) is 0 Å². The number of Topliss-reactive ketones (excluding diaryl/α,β-unsaturated/α-hetero) is 1. The molecule has 0 bridgehead atoms. The van der Waals surface area contributed by atoms with E-state index in [4.69, 9.17) is 14.7 Å². The van der Waals surface area contributed by atoms with E-state index in [2.05, 4.69) is 15.1 Å². The highest BCUT2D eigenvalue weighted by Gasteiger charge is 2.40. The Morgan fingerprint density at radius 3 is 2.50 bits per heavy atom. The van der Waals surface area contributed by atoms with Gasteiger partial charge in [0.25, 0.3) is 5.91 Å². The van der Waals surface area contributed by atoms with Crippen LogP contribution in [0, 0.1) is 11.3 Å². The highest BCUT2D eigenvalue weighted by Crippen LogP contribution is 2.38. The summed E-state index contributed by atoms with van der Waals surface area (Å²) in [5, 5.41) is 3.13. The molecule has 1 saturated heterocycles. The van der Waals surface area contributed by atoms with Crippen LogP contribution in [0.2, 0.25) is 0 Å². The number of sulfonamides is 1. The molecular weight excluding hydrogens is 558 g/mol. The third kappa shape index (κ3) is 6.30. The fraction of sp³-hybridized carbons (Fsp3) is 0.467. The molecule has 2 aliphatic rings. The molecule has 2 aromatic heterocycles. The monoisotopic (exact) mass is 593 g/mol. The maximum atomic E-state index is 12.9. The van der Waals surface area contributed by atoms with Crippen LogP contribution in [0.25, 0.3) is 28.0 Å². The van der Waals surface area contributed by atoms with Crippen LogP contribution in [0.4, 0.5) is 5.82 Å². The van der Waals surface area contributed by atoms with E-state index in [-0.39, 0.29) is 29.8 Å². The average Bonchev–Trinajstić information content (AvgIpc) is 3.71. The molecule has 12 heteroatoms. The smallest absolute Gasteiger partial charge is 0.323 e. The van der Waals surface area contributed by atoms with Gasteiger partial charge in [-0.2, -0.15) is 9.77 Å². The Bertz CT molecular complexity index is 1630. The Morgan fingerprint density at radius 2 is 1.88 bits per heavy atom. The van der Waals surface area contributed by atoms with Gasteiger partial charge in [-0.15, -0.1) is 0 Å². The van der Waals surface area contributed by atoms with Crippen LogP contribution >= 0.6 is 0 Å². The number of nitrogens with zero attached hydrogens (tertiary/aromatic N) is 4. The Labute approximate surface area is 244 Å². The number of hydrogen-bond acceptors (Lipinski definition) is 7. The van der Waals surface area contributed by atoms with Gasteiger partial charge >= 0.3 is 6.21 Å². The lowest BCUT2D eigenvalue weighted by Gasteiger charge is -2.34. The molecule has 5 rings (SSSR count). The van der Waals surface area contributed by atoms with E-state index in [1.165, 1.54) is 22.7 Å². The van der Waals surface area contributed by atoms with Gasteiger partial charge in [0, 0.05) is 37.8 Å². The summed E-state index contributed by atoms with van der Waals surface area (Å²) in [7, 11) is -2.21. The van der Waals surface area contributed by atoms with Crippen LogP contribution in [0.1, 0.15) is 54.4 Å². The van der Waals surface area contributed by atoms with Crippen LogP contribution in [-0.4, -0.2) is 69.2 Å². The highest BCUT2D eigenvalue weighted by atomic mass is 32.2. The summed E-state index contributed by atoms with van der Waals surface area (Å²) in [5.41, 5.74) is 10.6. The normalized spacial score (nSPS) is 16.5. The van der Waals surface area contributed by atoms with E-state index in [0.717, 1.165) is 30.4 Å². The number of anilines is 1. The summed E-state index contributed by atoms with van der Waals surface area (Å²) >= 11 is 0. The first-order valence-corrected chi connectivity index (χ1v) is 16.0. The Morgan fingerprint density at radius 1 is 1.17 bits per heavy atom. The van der Waals surface area contributed by atoms with Crippen LogP contribution in [-0.2, 0) is 26.0 Å². The molecule has 1 amide bonds. The van der Waals surface area contributed by atoms with Crippen molar-refractivity contribution in [3.63, 3.8) is 0 Å². The summed E-state index contributed by atoms with van der Waals surface area (Å²) in [4.78, 5) is 33.1. The molecule has 1 saturated carbocycles. The number of fused-ring (bicyclic) bond motifs is 1. The fourth-order valence-corrected chi connectivity index (χ4v) is 6.59. The number of ether oxygens (including phenoxy) is 1. The molecule has 11 nitrogen and oxygen atoms in total. The summed E-state index contributed by atoms with van der Waals surface area (Å²) in [6.07, 6.45) is 7.23. The van der Waals surface area contributed by atoms with Gasteiger partial charge in [-0.25, -0.2) is 8.42 Å². The predicted molar refractivity (Wildman–Crippen MR) is 158 cm³/mol. The molecule has 1 N–H and O–H groups in total. The van der Waals surface area contributed by atoms with E-state index in [9.17, 15) is 18.0 Å². The summed E-state index contributed by atoms with van der Waals surface area (Å²) in [6.45, 7) is 0.870. The van der Waals surface area contributed by atoms with Crippen molar-refractivity contribution in [1.82, 2.24) is 10.3 Å². The Balaban J connectivity index is 1.44. The van der Waals surface area contributed by atoms with Crippen molar-refractivity contribution in [3.05, 3.63) is 53.1 Å². The molecule has 1 aliphatic heterocycles. The van der Waals surface area contributed by atoms with Crippen molar-refractivity contribution in [2.24, 2.45) is 11.3 Å². The first-order valence-electron chi connectivity index (χ1n) is 14.2. The largest absolute Gasteiger partial charge is 0.437 e. The van der Waals surface area contributed by atoms with Crippen molar-refractivity contribution >= 4 is 44.8 Å². The number of aromatic nitrogens is 1. The molecule has 0 radical (unpaired) electrons. The number of carbonyl (C=O) groups excluding carboxylic acids is 2. The van der Waals surface area contributed by atoms with Gasteiger partial charge in [-0.3, -0.25) is 13.9 Å². The van der Waals surface area contributed by atoms with Gasteiger partial charge < -0.3 is 20.0 Å². The molecule has 1 aromatic carbocycles. The van der Waals surface area contributed by atoms with Crippen molar-refractivity contribution in [2.45, 2.75) is 44.9 Å². The zero-order valence-electron chi connectivity index (χ0n) is 23.8. The number of rotatable bonds is 12. The van der Waals surface area contributed by atoms with E-state index in [1.807, 2.05) is 24.3 Å². The second-order valence-corrected chi connectivity index (χ2v) is 13.1. The van der Waals surface area contributed by atoms with E-state index < -0.39 is 15.4 Å². The third-order valence-electron chi connectivity index (χ3n) is 8.25. The molecule has 42 heavy (non-hydrogen) atoms. The first kappa shape index (κ1) is 29.6. The summed E-state index contributed by atoms with van der Waals surface area (Å²) < 4.78 is 38.5. The van der Waals surface area contributed by atoms with Crippen LogP contribution in [0.3, 0.4) is 0 Å². The molecule has 3 aromatic rings. The number of amides is 1. The zero-order chi connectivity index (χ0) is 29.9. The standard InChI is InChI=1S/C30H35N5O6S/c1-32-28(37)26-23-10-11-25(34-29(23)41-27(26)22-8-6-21(7-9-22)18-20-4-5-20)35(42(2,38)39)15-3-12-30(24(36)19-33-31)13-16-40-17-14-30/h6-11,19-20H,3-5,12-18H2,1-2H3,(H,32,37). The SMILES string of the molecule is CNC(=O)c1c(-c2ccc(CC3CC3)cc2)oc2nc(N(CCCC3(C(=O)C=[N+]=[N-])CCOCC3)S(C)(=O)=O)ccc12. The third-order valence-corrected chi connectivity index (χ3v) is 9.42. The van der Waals surface area contributed by atoms with Gasteiger partial charge in [0.1, 0.15) is 11.6 Å². The minimum atomic E-state index is -3.75. The molecule has 0 unspecified atom stereocenters. The van der Waals surface area contributed by atoms with Gasteiger partial charge in [-0.05, 0) is 68.6 Å². The fourth-order valence-electron chi connectivity index (χ4n) is 5.69. The van der Waals surface area contributed by atoms with Crippen LogP contribution in [0.15, 0.2) is 40.8 Å². The van der Waals surface area contributed by atoms with Crippen molar-refractivity contribution < 1.29 is 32.0 Å². The number of furan rings is 1. The molecule has 0 spiro atoms. The number of pyridine rings is 1. The van der Waals surface area contributed by atoms with Crippen molar-refractivity contribution in [2.75, 3.05) is 37.4 Å². The molecular formula is C30H35N5O6S. The number of nitrogens with one attached hydrogen (secondary N) is 1. The minimum Gasteiger partial charge on any atom is -0.437 e. The molecule has 222 valence electrons. The van der Waals surface area contributed by atoms with Gasteiger partial charge in [0.05, 0.1) is 17.2 Å². The maximum Gasteiger partial charge on any atom is 0.323 e. The molecule has 2 fully saturated rings. The summed E-state index contributed by atoms with van der Waals surface area (Å²) in [5.74, 6) is 0.629. The molecule has 0 atom stereocenters. The van der Waals surface area contributed by atoms with Crippen molar-refractivity contribution in [3.8, 4) is 11.3 Å². The van der Waals surface area contributed by atoms with Gasteiger partial charge in [0.15, 0.2) is 0 Å². The summed E-state index contributed by atoms with van der Waals surface area (Å²) in [6, 6.07) is 11.2. The van der Waals surface area contributed by atoms with E-state index in [0.29, 0.717) is 55.6 Å². The lowest BCUT2D eigenvalue weighted by molar-refractivity contribution is -0.131. The number of carbonyl (C=O) groups is 2. The second kappa shape index (κ2) is 12.2. The van der Waals surface area contributed by atoms with E-state index in [1.54, 1.807) is 19.2 Å². The van der Waals surface area contributed by atoms with Crippen molar-refractivity contribution in [1.29, 1.82) is 0 Å². The van der Waals surface area contributed by atoms with Crippen LogP contribution < -0.4 is 9.62 Å². The minimum absolute atomic E-state index is 0.0713. The topological polar surface area (TPSA) is 155 Å². The zero-order valence-corrected chi connectivity index (χ0v) is 24.7. The lowest BCUT2D eigenvalue weighted by Crippen LogP contribution is -2.39. The Kier molecular flexibility index (Phi) is 8.58. The number of hydrogen-bond donors (Lipinski definition) is 1. The molecule has 1 aliphatic carbocycles. The maximum absolute atomic E-state index is 12.9. The molecule has 3 heterocycles. The average molecular weight is 594 g/mol. The quantitative estimate of drug-likeness (QED) is 0.189.